The van der Waals surface area contributed by atoms with Crippen LogP contribution in [0.2, 0.25) is 0 Å². The minimum absolute atomic E-state index is 0.0840. The van der Waals surface area contributed by atoms with Gasteiger partial charge in [-0.25, -0.2) is 0 Å². The Balaban J connectivity index is 1.39. The van der Waals surface area contributed by atoms with E-state index in [2.05, 4.69) is 54.5 Å². The molecule has 2 spiro atoms. The van der Waals surface area contributed by atoms with Gasteiger partial charge in [0.2, 0.25) is 0 Å². The Hall–Kier alpha value is -0.300. The lowest BCUT2D eigenvalue weighted by molar-refractivity contribution is -0.152. The predicted molar refractivity (Wildman–Crippen MR) is 131 cm³/mol. The van der Waals surface area contributed by atoms with Crippen molar-refractivity contribution >= 4 is 0 Å². The molecule has 9 atom stereocenters. The summed E-state index contributed by atoms with van der Waals surface area (Å²) in [5.74, 6) is 3.48. The van der Waals surface area contributed by atoms with Gasteiger partial charge in [0, 0.05) is 0 Å². The molecule has 5 rings (SSSR count). The SMILES string of the molecule is CC(C)=CCCC(C)C1CC2(C)CCC34CC35CCC(O)C(C)(C)C5CCC4C2(C)C1. The molecule has 5 fully saturated rings. The summed E-state index contributed by atoms with van der Waals surface area (Å²) in [6, 6.07) is 0. The molecule has 5 saturated carbocycles. The number of rotatable bonds is 4. The molecular weight excluding hydrogens is 376 g/mol. The summed E-state index contributed by atoms with van der Waals surface area (Å²) in [5.41, 5.74) is 3.89. The van der Waals surface area contributed by atoms with Crippen molar-refractivity contribution in [2.24, 2.45) is 50.7 Å². The standard InChI is InChI=1S/C30H50O/c1-20(2)9-8-10-21(3)22-17-27(6)15-16-30-19-29(30)14-13-25(31)26(4,5)23(29)11-12-24(30)28(27,7)18-22/h9,21-25,31H,8,10-19H2,1-7H3. The van der Waals surface area contributed by atoms with Crippen LogP contribution in [0.15, 0.2) is 11.6 Å². The first-order valence-corrected chi connectivity index (χ1v) is 13.7. The van der Waals surface area contributed by atoms with E-state index >= 15 is 0 Å². The van der Waals surface area contributed by atoms with E-state index in [1.165, 1.54) is 69.8 Å². The Morgan fingerprint density at radius 3 is 2.32 bits per heavy atom. The van der Waals surface area contributed by atoms with Gasteiger partial charge in [-0.05, 0) is 135 Å². The van der Waals surface area contributed by atoms with Gasteiger partial charge < -0.3 is 5.11 Å². The van der Waals surface area contributed by atoms with Crippen molar-refractivity contribution in [3.63, 3.8) is 0 Å². The van der Waals surface area contributed by atoms with Crippen LogP contribution in [0.25, 0.3) is 0 Å². The maximum Gasteiger partial charge on any atom is 0.0594 e. The smallest absolute Gasteiger partial charge is 0.0594 e. The Bertz CT molecular complexity index is 760. The van der Waals surface area contributed by atoms with Crippen molar-refractivity contribution in [2.45, 2.75) is 125 Å². The van der Waals surface area contributed by atoms with E-state index in [0.29, 0.717) is 21.7 Å². The minimum atomic E-state index is -0.0840. The van der Waals surface area contributed by atoms with Crippen LogP contribution in [-0.2, 0) is 0 Å². The summed E-state index contributed by atoms with van der Waals surface area (Å²) in [5, 5.41) is 10.8. The topological polar surface area (TPSA) is 20.2 Å². The quantitative estimate of drug-likeness (QED) is 0.449. The molecule has 0 bridgehead atoms. The van der Waals surface area contributed by atoms with Crippen LogP contribution in [0.4, 0.5) is 0 Å². The highest BCUT2D eigenvalue weighted by Crippen LogP contribution is 2.88. The first-order chi connectivity index (χ1) is 14.4. The molecule has 0 radical (unpaired) electrons. The molecule has 0 aliphatic heterocycles. The second kappa shape index (κ2) is 6.86. The molecule has 0 aromatic carbocycles. The lowest BCUT2D eigenvalue weighted by Crippen LogP contribution is -2.56. The van der Waals surface area contributed by atoms with Crippen molar-refractivity contribution in [3.8, 4) is 0 Å². The molecule has 0 aromatic heterocycles. The maximum atomic E-state index is 10.8. The van der Waals surface area contributed by atoms with Gasteiger partial charge in [0.1, 0.15) is 0 Å². The molecule has 1 N–H and O–H groups in total. The van der Waals surface area contributed by atoms with Gasteiger partial charge in [-0.2, -0.15) is 0 Å². The predicted octanol–water partition coefficient (Wildman–Crippen LogP) is 8.17. The molecule has 0 amide bonds. The highest BCUT2D eigenvalue weighted by Gasteiger charge is 2.81. The third kappa shape index (κ3) is 2.83. The summed E-state index contributed by atoms with van der Waals surface area (Å²) in [6.45, 7) is 17.3. The largest absolute Gasteiger partial charge is 0.393 e. The fourth-order valence-corrected chi connectivity index (χ4v) is 10.8. The van der Waals surface area contributed by atoms with E-state index in [-0.39, 0.29) is 11.5 Å². The average Bonchev–Trinajstić information content (AvgIpc) is 3.27. The second-order valence-electron chi connectivity index (χ2n) is 14.5. The normalized spacial score (nSPS) is 52.9. The van der Waals surface area contributed by atoms with E-state index in [4.69, 9.17) is 0 Å². The maximum absolute atomic E-state index is 10.8. The number of allylic oxidation sites excluding steroid dienone is 2. The van der Waals surface area contributed by atoms with Gasteiger partial charge in [-0.1, -0.05) is 46.3 Å². The van der Waals surface area contributed by atoms with Crippen LogP contribution in [0.5, 0.6) is 0 Å². The Morgan fingerprint density at radius 2 is 1.61 bits per heavy atom. The zero-order valence-corrected chi connectivity index (χ0v) is 21.7. The van der Waals surface area contributed by atoms with Crippen LogP contribution in [0.1, 0.15) is 119 Å². The second-order valence-corrected chi connectivity index (χ2v) is 14.5. The number of hydrogen-bond acceptors (Lipinski definition) is 1. The first kappa shape index (κ1) is 22.5. The molecule has 0 aromatic rings. The monoisotopic (exact) mass is 426 g/mol. The summed E-state index contributed by atoms with van der Waals surface area (Å²) in [6.07, 6.45) is 17.6. The van der Waals surface area contributed by atoms with Crippen LogP contribution in [-0.4, -0.2) is 11.2 Å². The lowest BCUT2D eigenvalue weighted by atomic mass is 9.43. The fraction of sp³-hybridized carbons (Fsp3) is 0.933. The number of fused-ring (bicyclic) bond motifs is 2. The van der Waals surface area contributed by atoms with E-state index < -0.39 is 0 Å². The number of aliphatic hydroxyl groups excluding tert-OH is 1. The summed E-state index contributed by atoms with van der Waals surface area (Å²) < 4.78 is 0. The van der Waals surface area contributed by atoms with Gasteiger partial charge in [0.15, 0.2) is 0 Å². The van der Waals surface area contributed by atoms with Crippen molar-refractivity contribution in [1.29, 1.82) is 0 Å². The molecule has 1 nitrogen and oxygen atoms in total. The zero-order chi connectivity index (χ0) is 22.4. The zero-order valence-electron chi connectivity index (χ0n) is 21.7. The number of hydrogen-bond donors (Lipinski definition) is 1. The third-order valence-electron chi connectivity index (χ3n) is 12.8. The Labute approximate surface area is 192 Å². The highest BCUT2D eigenvalue weighted by molar-refractivity contribution is 5.30. The van der Waals surface area contributed by atoms with Crippen LogP contribution >= 0.6 is 0 Å². The Kier molecular flexibility index (Phi) is 4.98. The lowest BCUT2D eigenvalue weighted by Gasteiger charge is -2.62. The molecule has 31 heavy (non-hydrogen) atoms. The summed E-state index contributed by atoms with van der Waals surface area (Å²) >= 11 is 0. The van der Waals surface area contributed by atoms with E-state index in [1.807, 2.05) is 0 Å². The highest BCUT2D eigenvalue weighted by atomic mass is 16.3. The average molecular weight is 427 g/mol. The van der Waals surface area contributed by atoms with Gasteiger partial charge in [-0.3, -0.25) is 0 Å². The van der Waals surface area contributed by atoms with Crippen molar-refractivity contribution in [2.75, 3.05) is 0 Å². The van der Waals surface area contributed by atoms with Crippen molar-refractivity contribution in [1.82, 2.24) is 0 Å². The Morgan fingerprint density at radius 1 is 0.935 bits per heavy atom. The first-order valence-electron chi connectivity index (χ1n) is 13.7. The van der Waals surface area contributed by atoms with Crippen LogP contribution in [0.3, 0.4) is 0 Å². The van der Waals surface area contributed by atoms with Crippen molar-refractivity contribution < 1.29 is 5.11 Å². The summed E-state index contributed by atoms with van der Waals surface area (Å²) in [7, 11) is 0. The third-order valence-corrected chi connectivity index (χ3v) is 12.8. The molecular formula is C30H50O. The van der Waals surface area contributed by atoms with Gasteiger partial charge in [0.05, 0.1) is 6.10 Å². The van der Waals surface area contributed by atoms with Crippen LogP contribution in [0, 0.1) is 50.7 Å². The molecule has 0 saturated heterocycles. The number of aliphatic hydroxyl groups is 1. The minimum Gasteiger partial charge on any atom is -0.393 e. The molecule has 9 unspecified atom stereocenters. The molecule has 0 heterocycles. The van der Waals surface area contributed by atoms with Crippen molar-refractivity contribution in [3.05, 3.63) is 11.6 Å². The van der Waals surface area contributed by atoms with Gasteiger partial charge in [0.25, 0.3) is 0 Å². The molecule has 176 valence electrons. The molecule has 5 aliphatic rings. The van der Waals surface area contributed by atoms with Gasteiger partial charge in [-0.15, -0.1) is 0 Å². The van der Waals surface area contributed by atoms with Gasteiger partial charge >= 0.3 is 0 Å². The molecule has 5 aliphatic carbocycles. The molecule has 1 heteroatoms. The summed E-state index contributed by atoms with van der Waals surface area (Å²) in [4.78, 5) is 0. The van der Waals surface area contributed by atoms with E-state index in [9.17, 15) is 5.11 Å². The van der Waals surface area contributed by atoms with Crippen LogP contribution < -0.4 is 0 Å². The van der Waals surface area contributed by atoms with E-state index in [1.54, 1.807) is 0 Å². The van der Waals surface area contributed by atoms with E-state index in [0.717, 1.165) is 30.1 Å². The fourth-order valence-electron chi connectivity index (χ4n) is 10.8.